The highest BCUT2D eigenvalue weighted by Crippen LogP contribution is 2.32. The number of nitrogens with one attached hydrogen (secondary N) is 1. The molecule has 0 spiro atoms. The summed E-state index contributed by atoms with van der Waals surface area (Å²) in [5.74, 6) is 2.19. The molecule has 4 heterocycles. The van der Waals surface area contributed by atoms with E-state index in [1.165, 1.54) is 12.1 Å². The van der Waals surface area contributed by atoms with Gasteiger partial charge in [0.25, 0.3) is 0 Å². The molecule has 0 bridgehead atoms. The molecule has 5 rings (SSSR count). The van der Waals surface area contributed by atoms with Crippen LogP contribution in [0, 0.1) is 11.7 Å². The lowest BCUT2D eigenvalue weighted by molar-refractivity contribution is 0.202. The summed E-state index contributed by atoms with van der Waals surface area (Å²) in [5.41, 5.74) is 1.01. The number of hydrogen-bond acceptors (Lipinski definition) is 8. The number of hydrogen-bond donors (Lipinski definition) is 1. The van der Waals surface area contributed by atoms with Gasteiger partial charge in [-0.15, -0.1) is 10.2 Å². The normalized spacial score (nSPS) is 20.5. The van der Waals surface area contributed by atoms with Gasteiger partial charge in [-0.2, -0.15) is 10.1 Å². The second kappa shape index (κ2) is 9.01. The van der Waals surface area contributed by atoms with Crippen LogP contribution in [0.25, 0.3) is 0 Å². The smallest absolute Gasteiger partial charge is 0.242 e. The SMILES string of the molecule is COc1cc(N2CCC(C(C)Nc3nc4n(n3)CCC4Oc3cc(F)cc(Cl)c3)C2)cnn1. The summed E-state index contributed by atoms with van der Waals surface area (Å²) in [5, 5.41) is 16.3. The Morgan fingerprint density at radius 1 is 1.21 bits per heavy atom. The molecule has 9 nitrogen and oxygen atoms in total. The summed E-state index contributed by atoms with van der Waals surface area (Å²) in [6.45, 7) is 4.67. The second-order valence-electron chi connectivity index (χ2n) is 8.40. The van der Waals surface area contributed by atoms with Crippen molar-refractivity contribution in [3.63, 3.8) is 0 Å². The van der Waals surface area contributed by atoms with E-state index in [1.54, 1.807) is 19.4 Å². The zero-order valence-corrected chi connectivity index (χ0v) is 19.2. The molecule has 1 fully saturated rings. The molecule has 11 heteroatoms. The minimum Gasteiger partial charge on any atom is -0.482 e. The Kier molecular flexibility index (Phi) is 5.92. The summed E-state index contributed by atoms with van der Waals surface area (Å²) in [6.07, 6.45) is 3.23. The molecular formula is C22H25ClFN7O2. The predicted molar refractivity (Wildman–Crippen MR) is 121 cm³/mol. The molecule has 0 aliphatic carbocycles. The third-order valence-corrected chi connectivity index (χ3v) is 6.40. The van der Waals surface area contributed by atoms with Crippen LogP contribution in [0.1, 0.15) is 31.7 Å². The quantitative estimate of drug-likeness (QED) is 0.555. The van der Waals surface area contributed by atoms with Gasteiger partial charge in [-0.3, -0.25) is 0 Å². The van der Waals surface area contributed by atoms with E-state index >= 15 is 0 Å². The fourth-order valence-electron chi connectivity index (χ4n) is 4.42. The average Bonchev–Trinajstić information content (AvgIpc) is 3.51. The molecule has 0 saturated carbocycles. The van der Waals surface area contributed by atoms with Crippen molar-refractivity contribution in [2.45, 2.75) is 38.5 Å². The Morgan fingerprint density at radius 2 is 2.09 bits per heavy atom. The van der Waals surface area contributed by atoms with E-state index in [4.69, 9.17) is 21.1 Å². The van der Waals surface area contributed by atoms with Crippen molar-refractivity contribution in [3.8, 4) is 11.6 Å². The highest BCUT2D eigenvalue weighted by molar-refractivity contribution is 6.30. The molecule has 2 aliphatic heterocycles. The van der Waals surface area contributed by atoms with E-state index in [9.17, 15) is 4.39 Å². The summed E-state index contributed by atoms with van der Waals surface area (Å²) in [7, 11) is 1.59. The molecule has 3 aromatic rings. The van der Waals surface area contributed by atoms with Crippen LogP contribution in [0.3, 0.4) is 0 Å². The maximum Gasteiger partial charge on any atom is 0.242 e. The van der Waals surface area contributed by atoms with Crippen LogP contribution in [-0.4, -0.2) is 51.2 Å². The van der Waals surface area contributed by atoms with Crippen molar-refractivity contribution in [1.82, 2.24) is 25.0 Å². The van der Waals surface area contributed by atoms with Crippen molar-refractivity contribution < 1.29 is 13.9 Å². The summed E-state index contributed by atoms with van der Waals surface area (Å²) >= 11 is 5.94. The van der Waals surface area contributed by atoms with E-state index in [0.717, 1.165) is 37.4 Å². The van der Waals surface area contributed by atoms with Gasteiger partial charge in [0.15, 0.2) is 11.9 Å². The largest absolute Gasteiger partial charge is 0.482 e. The standard InChI is InChI=1S/C22H25ClFN7O2/c1-13(14-3-5-30(12-14)17-10-20(32-2)28-25-11-17)26-22-27-21-19(4-6-31(21)29-22)33-18-8-15(23)7-16(24)9-18/h7-11,13-14,19H,3-6,12H2,1-2H3,(H,26,29). The Balaban J connectivity index is 1.21. The van der Waals surface area contributed by atoms with Crippen LogP contribution in [-0.2, 0) is 6.54 Å². The number of aromatic nitrogens is 5. The third-order valence-electron chi connectivity index (χ3n) is 6.19. The first-order chi connectivity index (χ1) is 16.0. The number of ether oxygens (including phenoxy) is 2. The highest BCUT2D eigenvalue weighted by atomic mass is 35.5. The van der Waals surface area contributed by atoms with Gasteiger partial charge >= 0.3 is 0 Å². The number of benzene rings is 1. The van der Waals surface area contributed by atoms with Gasteiger partial charge in [0.05, 0.1) is 19.0 Å². The minimum atomic E-state index is -0.431. The molecule has 33 heavy (non-hydrogen) atoms. The van der Waals surface area contributed by atoms with E-state index in [0.29, 0.717) is 35.1 Å². The third kappa shape index (κ3) is 4.66. The lowest BCUT2D eigenvalue weighted by Crippen LogP contribution is -2.29. The number of halogens is 2. The van der Waals surface area contributed by atoms with E-state index in [-0.39, 0.29) is 12.1 Å². The zero-order valence-electron chi connectivity index (χ0n) is 18.4. The molecule has 0 amide bonds. The van der Waals surface area contributed by atoms with Gasteiger partial charge in [-0.05, 0) is 31.4 Å². The van der Waals surface area contributed by atoms with E-state index in [1.807, 2.05) is 10.7 Å². The predicted octanol–water partition coefficient (Wildman–Crippen LogP) is 3.72. The Bertz CT molecular complexity index is 1120. The van der Waals surface area contributed by atoms with Crippen LogP contribution in [0.4, 0.5) is 16.0 Å². The van der Waals surface area contributed by atoms with Gasteiger partial charge in [0, 0.05) is 49.3 Å². The first-order valence-corrected chi connectivity index (χ1v) is 11.3. The summed E-state index contributed by atoms with van der Waals surface area (Å²) in [4.78, 5) is 6.95. The topological polar surface area (TPSA) is 90.2 Å². The summed E-state index contributed by atoms with van der Waals surface area (Å²) < 4.78 is 26.6. The van der Waals surface area contributed by atoms with Crippen molar-refractivity contribution in [2.24, 2.45) is 5.92 Å². The van der Waals surface area contributed by atoms with Gasteiger partial charge in [0.2, 0.25) is 11.8 Å². The molecule has 3 unspecified atom stereocenters. The molecule has 2 aliphatic rings. The van der Waals surface area contributed by atoms with Crippen LogP contribution in [0.5, 0.6) is 11.6 Å². The maximum atomic E-state index is 13.6. The van der Waals surface area contributed by atoms with Crippen LogP contribution >= 0.6 is 11.6 Å². The number of nitrogens with zero attached hydrogens (tertiary/aromatic N) is 6. The van der Waals surface area contributed by atoms with Gasteiger partial charge in [-0.25, -0.2) is 9.07 Å². The molecule has 1 saturated heterocycles. The average molecular weight is 474 g/mol. The minimum absolute atomic E-state index is 0.177. The van der Waals surface area contributed by atoms with E-state index < -0.39 is 5.82 Å². The first-order valence-electron chi connectivity index (χ1n) is 10.9. The fraction of sp³-hybridized carbons (Fsp3) is 0.455. The number of anilines is 2. The van der Waals surface area contributed by atoms with Gasteiger partial charge in [-0.1, -0.05) is 11.6 Å². The number of fused-ring (bicyclic) bond motifs is 1. The molecule has 3 atom stereocenters. The Labute approximate surface area is 195 Å². The molecule has 0 radical (unpaired) electrons. The molecule has 1 aromatic carbocycles. The maximum absolute atomic E-state index is 13.6. The number of aryl methyl sites for hydroxylation is 1. The second-order valence-corrected chi connectivity index (χ2v) is 8.84. The molecule has 174 valence electrons. The Morgan fingerprint density at radius 3 is 2.91 bits per heavy atom. The Hall–Kier alpha value is -3.14. The molecule has 1 N–H and O–H groups in total. The fourth-order valence-corrected chi connectivity index (χ4v) is 4.63. The van der Waals surface area contributed by atoms with Crippen molar-refractivity contribution in [1.29, 1.82) is 0 Å². The zero-order chi connectivity index (χ0) is 22.9. The highest BCUT2D eigenvalue weighted by Gasteiger charge is 2.31. The van der Waals surface area contributed by atoms with Crippen LogP contribution < -0.4 is 19.7 Å². The number of rotatable bonds is 7. The lowest BCUT2D eigenvalue weighted by Gasteiger charge is -2.22. The molecule has 2 aromatic heterocycles. The number of methoxy groups -OCH3 is 1. The van der Waals surface area contributed by atoms with Crippen LogP contribution in [0.15, 0.2) is 30.5 Å². The van der Waals surface area contributed by atoms with Crippen molar-refractivity contribution in [2.75, 3.05) is 30.4 Å². The van der Waals surface area contributed by atoms with Gasteiger partial charge in [0.1, 0.15) is 11.6 Å². The van der Waals surface area contributed by atoms with E-state index in [2.05, 4.69) is 37.4 Å². The summed E-state index contributed by atoms with van der Waals surface area (Å²) in [6, 6.07) is 6.26. The lowest BCUT2D eigenvalue weighted by atomic mass is 10.0. The van der Waals surface area contributed by atoms with Crippen LogP contribution in [0.2, 0.25) is 5.02 Å². The first kappa shape index (κ1) is 21.7. The van der Waals surface area contributed by atoms with Crippen molar-refractivity contribution in [3.05, 3.63) is 47.1 Å². The molecular weight excluding hydrogens is 449 g/mol. The monoisotopic (exact) mass is 473 g/mol. The van der Waals surface area contributed by atoms with Crippen molar-refractivity contribution >= 4 is 23.2 Å². The van der Waals surface area contributed by atoms with Gasteiger partial charge < -0.3 is 19.7 Å².